The molecule has 1 aromatic rings. The second kappa shape index (κ2) is 7.79. The molecule has 2 aliphatic rings. The van der Waals surface area contributed by atoms with Gasteiger partial charge >= 0.3 is 0 Å². The van der Waals surface area contributed by atoms with E-state index in [0.717, 1.165) is 31.5 Å². The monoisotopic (exact) mass is 329 g/mol. The molecular weight excluding hydrogens is 302 g/mol. The van der Waals surface area contributed by atoms with Crippen LogP contribution < -0.4 is 5.32 Å². The summed E-state index contributed by atoms with van der Waals surface area (Å²) in [4.78, 5) is 29.1. The van der Waals surface area contributed by atoms with E-state index in [9.17, 15) is 9.59 Å². The number of nitrogens with zero attached hydrogens (tertiary/aromatic N) is 2. The fraction of sp³-hybridized carbons (Fsp3) is 0.579. The number of carbonyl (C=O) groups excluding carboxylic acids is 2. The van der Waals surface area contributed by atoms with Crippen molar-refractivity contribution in [1.82, 2.24) is 15.1 Å². The van der Waals surface area contributed by atoms with Gasteiger partial charge in [0, 0.05) is 38.8 Å². The van der Waals surface area contributed by atoms with Gasteiger partial charge in [0.1, 0.15) is 0 Å². The summed E-state index contributed by atoms with van der Waals surface area (Å²) >= 11 is 0. The van der Waals surface area contributed by atoms with E-state index in [4.69, 9.17) is 0 Å². The van der Waals surface area contributed by atoms with Crippen molar-refractivity contribution in [1.29, 1.82) is 0 Å². The first-order valence-corrected chi connectivity index (χ1v) is 9.00. The topological polar surface area (TPSA) is 52.7 Å². The highest BCUT2D eigenvalue weighted by Gasteiger charge is 2.36. The molecule has 1 saturated heterocycles. The normalized spacial score (nSPS) is 20.8. The van der Waals surface area contributed by atoms with Crippen LogP contribution in [0.5, 0.6) is 0 Å². The maximum absolute atomic E-state index is 12.6. The Hall–Kier alpha value is -1.88. The van der Waals surface area contributed by atoms with Crippen LogP contribution in [0.1, 0.15) is 36.0 Å². The summed E-state index contributed by atoms with van der Waals surface area (Å²) in [7, 11) is 1.72. The van der Waals surface area contributed by atoms with Gasteiger partial charge in [0.15, 0.2) is 0 Å². The molecule has 130 valence electrons. The number of nitrogens with one attached hydrogen (secondary N) is 1. The first-order chi connectivity index (χ1) is 11.7. The predicted octanol–water partition coefficient (Wildman–Crippen LogP) is 1.75. The van der Waals surface area contributed by atoms with Crippen LogP contribution in [0.2, 0.25) is 0 Å². The van der Waals surface area contributed by atoms with Gasteiger partial charge in [-0.05, 0) is 30.9 Å². The molecule has 1 heterocycles. The van der Waals surface area contributed by atoms with Crippen molar-refractivity contribution in [3.63, 3.8) is 0 Å². The molecule has 2 amide bonds. The molecule has 3 rings (SSSR count). The minimum atomic E-state index is -0.0357. The fourth-order valence-corrected chi connectivity index (χ4v) is 4.07. The van der Waals surface area contributed by atoms with Crippen molar-refractivity contribution in [2.24, 2.45) is 5.92 Å². The summed E-state index contributed by atoms with van der Waals surface area (Å²) in [6.45, 7) is 2.92. The molecule has 1 N–H and O–H groups in total. The molecule has 1 atom stereocenters. The summed E-state index contributed by atoms with van der Waals surface area (Å²) < 4.78 is 0. The Morgan fingerprint density at radius 1 is 1.04 bits per heavy atom. The molecule has 1 unspecified atom stereocenters. The molecule has 5 heteroatoms. The molecule has 0 spiro atoms. The lowest BCUT2D eigenvalue weighted by molar-refractivity contribution is -0.128. The molecule has 0 aromatic heterocycles. The highest BCUT2D eigenvalue weighted by Crippen LogP contribution is 2.31. The number of likely N-dealkylation sites (N-methyl/N-ethyl adjacent to an activating group) is 1. The largest absolute Gasteiger partial charge is 0.358 e. The van der Waals surface area contributed by atoms with E-state index in [1.165, 1.54) is 12.8 Å². The molecule has 0 bridgehead atoms. The van der Waals surface area contributed by atoms with Gasteiger partial charge in [-0.3, -0.25) is 14.5 Å². The number of amides is 2. The lowest BCUT2D eigenvalue weighted by atomic mass is 9.95. The highest BCUT2D eigenvalue weighted by atomic mass is 16.2. The summed E-state index contributed by atoms with van der Waals surface area (Å²) in [6, 6.07) is 9.40. The summed E-state index contributed by atoms with van der Waals surface area (Å²) in [5.41, 5.74) is 0.740. The molecule has 1 aliphatic heterocycles. The van der Waals surface area contributed by atoms with Crippen LogP contribution >= 0.6 is 0 Å². The Bertz CT molecular complexity index is 561. The Morgan fingerprint density at radius 2 is 1.67 bits per heavy atom. The molecule has 1 saturated carbocycles. The number of hydrogen-bond donors (Lipinski definition) is 1. The number of benzene rings is 1. The van der Waals surface area contributed by atoms with Crippen molar-refractivity contribution in [2.45, 2.75) is 31.7 Å². The lowest BCUT2D eigenvalue weighted by Gasteiger charge is -2.40. The average Bonchev–Trinajstić information content (AvgIpc) is 3.16. The second-order valence-electron chi connectivity index (χ2n) is 6.80. The molecule has 0 radical (unpaired) electrons. The zero-order chi connectivity index (χ0) is 16.9. The van der Waals surface area contributed by atoms with E-state index in [1.807, 2.05) is 35.2 Å². The van der Waals surface area contributed by atoms with Crippen molar-refractivity contribution in [3.05, 3.63) is 35.9 Å². The van der Waals surface area contributed by atoms with Crippen LogP contribution in [-0.2, 0) is 4.79 Å². The molecule has 2 fully saturated rings. The second-order valence-corrected chi connectivity index (χ2v) is 6.80. The Balaban J connectivity index is 1.62. The van der Waals surface area contributed by atoms with Crippen LogP contribution in [0, 0.1) is 5.92 Å². The van der Waals surface area contributed by atoms with Crippen LogP contribution in [0.4, 0.5) is 0 Å². The number of hydrogen-bond acceptors (Lipinski definition) is 3. The van der Waals surface area contributed by atoms with Gasteiger partial charge in [0.05, 0.1) is 6.04 Å². The Labute approximate surface area is 144 Å². The van der Waals surface area contributed by atoms with Crippen molar-refractivity contribution in [3.8, 4) is 0 Å². The standard InChI is InChI=1S/C19H27N3O2/c1-20-18(23)17(15-7-5-6-8-15)21-11-13-22(14-12-21)19(24)16-9-3-2-4-10-16/h2-4,9-10,15,17H,5-8,11-14H2,1H3,(H,20,23). The van der Waals surface area contributed by atoms with Crippen molar-refractivity contribution in [2.75, 3.05) is 33.2 Å². The van der Waals surface area contributed by atoms with Gasteiger partial charge in [0.25, 0.3) is 5.91 Å². The molecule has 24 heavy (non-hydrogen) atoms. The number of rotatable bonds is 4. The minimum absolute atomic E-state index is 0.0357. The molecule has 5 nitrogen and oxygen atoms in total. The van der Waals surface area contributed by atoms with Gasteiger partial charge in [-0.25, -0.2) is 0 Å². The lowest BCUT2D eigenvalue weighted by Crippen LogP contribution is -2.57. The quantitative estimate of drug-likeness (QED) is 0.916. The fourth-order valence-electron chi connectivity index (χ4n) is 4.07. The summed E-state index contributed by atoms with van der Waals surface area (Å²) in [5, 5.41) is 2.84. The van der Waals surface area contributed by atoms with Crippen LogP contribution in [-0.4, -0.2) is 60.9 Å². The third-order valence-electron chi connectivity index (χ3n) is 5.38. The minimum Gasteiger partial charge on any atom is -0.358 e. The zero-order valence-electron chi connectivity index (χ0n) is 14.4. The number of carbonyl (C=O) groups is 2. The van der Waals surface area contributed by atoms with E-state index < -0.39 is 0 Å². The summed E-state index contributed by atoms with van der Waals surface area (Å²) in [5.74, 6) is 0.679. The van der Waals surface area contributed by atoms with Gasteiger partial charge in [-0.1, -0.05) is 31.0 Å². The van der Waals surface area contributed by atoms with Gasteiger partial charge in [0.2, 0.25) is 5.91 Å². The van der Waals surface area contributed by atoms with E-state index in [0.29, 0.717) is 19.0 Å². The smallest absolute Gasteiger partial charge is 0.253 e. The van der Waals surface area contributed by atoms with E-state index in [1.54, 1.807) is 7.05 Å². The third kappa shape index (κ3) is 3.61. The molecule has 1 aliphatic carbocycles. The Kier molecular flexibility index (Phi) is 5.51. The van der Waals surface area contributed by atoms with Crippen molar-refractivity contribution >= 4 is 11.8 Å². The SMILES string of the molecule is CNC(=O)C(C1CCCC1)N1CCN(C(=O)c2ccccc2)CC1. The maximum Gasteiger partial charge on any atom is 0.253 e. The molecule has 1 aromatic carbocycles. The van der Waals surface area contributed by atoms with Gasteiger partial charge in [-0.15, -0.1) is 0 Å². The molecular formula is C19H27N3O2. The van der Waals surface area contributed by atoms with Crippen LogP contribution in [0.25, 0.3) is 0 Å². The number of piperazine rings is 1. The average molecular weight is 329 g/mol. The van der Waals surface area contributed by atoms with Gasteiger partial charge < -0.3 is 10.2 Å². The first kappa shape index (κ1) is 17.0. The Morgan fingerprint density at radius 3 is 2.25 bits per heavy atom. The predicted molar refractivity (Wildman–Crippen MR) is 93.7 cm³/mol. The van der Waals surface area contributed by atoms with E-state index in [2.05, 4.69) is 10.2 Å². The first-order valence-electron chi connectivity index (χ1n) is 9.00. The van der Waals surface area contributed by atoms with E-state index >= 15 is 0 Å². The third-order valence-corrected chi connectivity index (χ3v) is 5.38. The highest BCUT2D eigenvalue weighted by molar-refractivity contribution is 5.94. The van der Waals surface area contributed by atoms with Crippen molar-refractivity contribution < 1.29 is 9.59 Å². The van der Waals surface area contributed by atoms with Crippen LogP contribution in [0.15, 0.2) is 30.3 Å². The zero-order valence-corrected chi connectivity index (χ0v) is 14.4. The van der Waals surface area contributed by atoms with E-state index in [-0.39, 0.29) is 17.9 Å². The van der Waals surface area contributed by atoms with Gasteiger partial charge in [-0.2, -0.15) is 0 Å². The maximum atomic E-state index is 12.6. The van der Waals surface area contributed by atoms with Crippen LogP contribution in [0.3, 0.4) is 0 Å². The summed E-state index contributed by atoms with van der Waals surface area (Å²) in [6.07, 6.45) is 4.73.